The van der Waals surface area contributed by atoms with Crippen LogP contribution in [0.15, 0.2) is 51.0 Å². The van der Waals surface area contributed by atoms with Gasteiger partial charge in [0.2, 0.25) is 11.1 Å². The molecule has 0 amide bonds. The first-order valence-electron chi connectivity index (χ1n) is 6.21. The third-order valence-electron chi connectivity index (χ3n) is 3.29. The average Bonchev–Trinajstić information content (AvgIpc) is 3.05. The van der Waals surface area contributed by atoms with Gasteiger partial charge >= 0.3 is 0 Å². The number of nitrogens with zero attached hydrogens (tertiary/aromatic N) is 2. The summed E-state index contributed by atoms with van der Waals surface area (Å²) in [7, 11) is 0. The maximum atomic E-state index is 12.5. The number of para-hydroxylation sites is 1. The molecule has 0 saturated heterocycles. The molecule has 1 aromatic carbocycles. The van der Waals surface area contributed by atoms with Crippen molar-refractivity contribution >= 4 is 32.7 Å². The molecule has 0 aliphatic heterocycles. The molecule has 0 radical (unpaired) electrons. The summed E-state index contributed by atoms with van der Waals surface area (Å²) in [6.07, 6.45) is 0. The average molecular weight is 282 g/mol. The van der Waals surface area contributed by atoms with E-state index in [-0.39, 0.29) is 5.43 Å². The Hall–Kier alpha value is -2.40. The number of benzene rings is 1. The highest BCUT2D eigenvalue weighted by molar-refractivity contribution is 7.17. The van der Waals surface area contributed by atoms with Crippen molar-refractivity contribution in [3.63, 3.8) is 0 Å². The van der Waals surface area contributed by atoms with Crippen molar-refractivity contribution in [2.75, 3.05) is 0 Å². The second-order valence-corrected chi connectivity index (χ2v) is 5.47. The Bertz CT molecular complexity index is 980. The maximum absolute atomic E-state index is 12.5. The first-order valence-corrected chi connectivity index (χ1v) is 7.09. The first-order chi connectivity index (χ1) is 9.75. The second-order valence-electron chi connectivity index (χ2n) is 4.56. The highest BCUT2D eigenvalue weighted by Crippen LogP contribution is 2.25. The van der Waals surface area contributed by atoms with Crippen LogP contribution in [-0.2, 0) is 0 Å². The molecule has 0 aliphatic rings. The molecule has 4 aromatic rings. The summed E-state index contributed by atoms with van der Waals surface area (Å²) in [4.78, 5) is 12.5. The third-order valence-corrected chi connectivity index (χ3v) is 4.18. The molecule has 20 heavy (non-hydrogen) atoms. The number of aryl methyl sites for hydroxylation is 1. The van der Waals surface area contributed by atoms with Crippen molar-refractivity contribution in [1.82, 2.24) is 9.78 Å². The van der Waals surface area contributed by atoms with Crippen LogP contribution in [0.3, 0.4) is 0 Å². The molecule has 0 bridgehead atoms. The van der Waals surface area contributed by atoms with Crippen molar-refractivity contribution in [1.29, 1.82) is 0 Å². The Labute approximate surface area is 117 Å². The second kappa shape index (κ2) is 4.05. The van der Waals surface area contributed by atoms with Crippen LogP contribution in [0.1, 0.15) is 5.69 Å². The molecule has 0 N–H and O–H groups in total. The molecule has 4 rings (SSSR count). The minimum absolute atomic E-state index is 0.00377. The SMILES string of the molecule is Cc1nn(-c2ccccc2)c2oc3ccsc3c(=O)c12. The van der Waals surface area contributed by atoms with Gasteiger partial charge in [0.15, 0.2) is 5.58 Å². The van der Waals surface area contributed by atoms with Gasteiger partial charge in [-0.3, -0.25) is 4.79 Å². The Kier molecular flexibility index (Phi) is 2.31. The zero-order chi connectivity index (χ0) is 13.7. The van der Waals surface area contributed by atoms with Crippen LogP contribution in [0.4, 0.5) is 0 Å². The standard InChI is InChI=1S/C15H10N2O2S/c1-9-12-13(18)14-11(7-8-20-14)19-15(12)17(16-9)10-5-3-2-4-6-10/h2-8H,1H3. The summed E-state index contributed by atoms with van der Waals surface area (Å²) in [5, 5.41) is 6.88. The smallest absolute Gasteiger partial charge is 0.234 e. The molecule has 5 heteroatoms. The zero-order valence-corrected chi connectivity index (χ0v) is 11.5. The molecule has 3 aromatic heterocycles. The van der Waals surface area contributed by atoms with Crippen molar-refractivity contribution in [2.24, 2.45) is 0 Å². The highest BCUT2D eigenvalue weighted by Gasteiger charge is 2.17. The summed E-state index contributed by atoms with van der Waals surface area (Å²) in [5.41, 5.74) is 2.68. The minimum Gasteiger partial charge on any atom is -0.436 e. The van der Waals surface area contributed by atoms with Crippen molar-refractivity contribution in [3.8, 4) is 5.69 Å². The number of hydrogen-bond donors (Lipinski definition) is 0. The monoisotopic (exact) mass is 282 g/mol. The van der Waals surface area contributed by atoms with E-state index in [0.29, 0.717) is 27.1 Å². The molecule has 0 atom stereocenters. The number of thiophene rings is 1. The number of hydrogen-bond acceptors (Lipinski definition) is 4. The van der Waals surface area contributed by atoms with Crippen LogP contribution in [-0.4, -0.2) is 9.78 Å². The Morgan fingerprint density at radius 1 is 1.20 bits per heavy atom. The van der Waals surface area contributed by atoms with E-state index in [4.69, 9.17) is 4.42 Å². The van der Waals surface area contributed by atoms with Gasteiger partial charge < -0.3 is 4.42 Å². The van der Waals surface area contributed by atoms with E-state index >= 15 is 0 Å². The molecule has 3 heterocycles. The molecule has 0 unspecified atom stereocenters. The van der Waals surface area contributed by atoms with Crippen LogP contribution in [0, 0.1) is 6.92 Å². The maximum Gasteiger partial charge on any atom is 0.234 e. The predicted octanol–water partition coefficient (Wildman–Crippen LogP) is 3.50. The van der Waals surface area contributed by atoms with Gasteiger partial charge in [-0.2, -0.15) is 9.78 Å². The summed E-state index contributed by atoms with van der Waals surface area (Å²) in [6.45, 7) is 1.83. The normalized spacial score (nSPS) is 11.4. The van der Waals surface area contributed by atoms with E-state index < -0.39 is 0 Å². The lowest BCUT2D eigenvalue weighted by Gasteiger charge is -2.01. The fourth-order valence-corrected chi connectivity index (χ4v) is 3.13. The highest BCUT2D eigenvalue weighted by atomic mass is 32.1. The third kappa shape index (κ3) is 1.47. The van der Waals surface area contributed by atoms with Gasteiger partial charge in [0, 0.05) is 0 Å². The molecule has 98 valence electrons. The van der Waals surface area contributed by atoms with E-state index in [1.807, 2.05) is 48.7 Å². The lowest BCUT2D eigenvalue weighted by Crippen LogP contribution is -2.01. The number of aromatic nitrogens is 2. The number of fused-ring (bicyclic) bond motifs is 2. The van der Waals surface area contributed by atoms with Gasteiger partial charge in [-0.05, 0) is 30.5 Å². The van der Waals surface area contributed by atoms with Gasteiger partial charge in [0.1, 0.15) is 10.1 Å². The fourth-order valence-electron chi connectivity index (χ4n) is 2.37. The van der Waals surface area contributed by atoms with Crippen LogP contribution in [0.2, 0.25) is 0 Å². The first kappa shape index (κ1) is 11.4. The zero-order valence-electron chi connectivity index (χ0n) is 10.7. The van der Waals surface area contributed by atoms with E-state index in [2.05, 4.69) is 5.10 Å². The van der Waals surface area contributed by atoms with E-state index in [1.165, 1.54) is 11.3 Å². The Morgan fingerprint density at radius 2 is 2.00 bits per heavy atom. The summed E-state index contributed by atoms with van der Waals surface area (Å²) in [5.74, 6) is 0. The van der Waals surface area contributed by atoms with Crippen LogP contribution >= 0.6 is 11.3 Å². The predicted molar refractivity (Wildman–Crippen MR) is 79.7 cm³/mol. The topological polar surface area (TPSA) is 48.0 Å². The molecule has 0 fully saturated rings. The van der Waals surface area contributed by atoms with Crippen molar-refractivity contribution in [3.05, 3.63) is 57.7 Å². The lowest BCUT2D eigenvalue weighted by atomic mass is 10.2. The van der Waals surface area contributed by atoms with Gasteiger partial charge in [-0.1, -0.05) is 18.2 Å². The fraction of sp³-hybridized carbons (Fsp3) is 0.0667. The molecule has 0 aliphatic carbocycles. The molecule has 0 saturated carbocycles. The summed E-state index contributed by atoms with van der Waals surface area (Å²) in [6, 6.07) is 11.5. The quantitative estimate of drug-likeness (QED) is 0.537. The molecule has 4 nitrogen and oxygen atoms in total. The van der Waals surface area contributed by atoms with Gasteiger partial charge in [0.05, 0.1) is 11.4 Å². The molecule has 0 spiro atoms. The molecular weight excluding hydrogens is 272 g/mol. The van der Waals surface area contributed by atoms with Crippen LogP contribution in [0.5, 0.6) is 0 Å². The van der Waals surface area contributed by atoms with Crippen LogP contribution < -0.4 is 5.43 Å². The van der Waals surface area contributed by atoms with Gasteiger partial charge in [0.25, 0.3) is 0 Å². The largest absolute Gasteiger partial charge is 0.436 e. The van der Waals surface area contributed by atoms with Crippen LogP contribution in [0.25, 0.3) is 27.1 Å². The van der Waals surface area contributed by atoms with Gasteiger partial charge in [-0.15, -0.1) is 11.3 Å². The number of rotatable bonds is 1. The Morgan fingerprint density at radius 3 is 2.80 bits per heavy atom. The molecular formula is C15H10N2O2S. The van der Waals surface area contributed by atoms with E-state index in [0.717, 1.165) is 5.69 Å². The van der Waals surface area contributed by atoms with E-state index in [1.54, 1.807) is 4.68 Å². The minimum atomic E-state index is -0.00377. The van der Waals surface area contributed by atoms with E-state index in [9.17, 15) is 4.79 Å². The summed E-state index contributed by atoms with van der Waals surface area (Å²) < 4.78 is 8.21. The van der Waals surface area contributed by atoms with Crippen molar-refractivity contribution in [2.45, 2.75) is 6.92 Å². The van der Waals surface area contributed by atoms with Crippen molar-refractivity contribution < 1.29 is 4.42 Å². The lowest BCUT2D eigenvalue weighted by molar-refractivity contribution is 0.622. The van der Waals surface area contributed by atoms with Gasteiger partial charge in [-0.25, -0.2) is 0 Å². The summed E-state index contributed by atoms with van der Waals surface area (Å²) >= 11 is 1.40. The Balaban J connectivity index is 2.19.